The van der Waals surface area contributed by atoms with E-state index in [2.05, 4.69) is 15.0 Å². The minimum absolute atomic E-state index is 0.297. The summed E-state index contributed by atoms with van der Waals surface area (Å²) in [6.07, 6.45) is 5.52. The highest BCUT2D eigenvalue weighted by Gasteiger charge is 2.26. The van der Waals surface area contributed by atoms with Gasteiger partial charge in [-0.3, -0.25) is 4.98 Å². The number of nitrogens with one attached hydrogen (secondary N) is 2. The minimum Gasteiger partial charge on any atom is -0.381 e. The van der Waals surface area contributed by atoms with Gasteiger partial charge in [-0.2, -0.15) is 0 Å². The van der Waals surface area contributed by atoms with Crippen molar-refractivity contribution in [1.29, 1.82) is 0 Å². The Balaban J connectivity index is 1.58. The van der Waals surface area contributed by atoms with E-state index in [1.807, 2.05) is 18.3 Å². The maximum absolute atomic E-state index is 12.0. The van der Waals surface area contributed by atoms with Gasteiger partial charge in [0, 0.05) is 38.7 Å². The van der Waals surface area contributed by atoms with Gasteiger partial charge in [0.1, 0.15) is 0 Å². The Morgan fingerprint density at radius 1 is 1.29 bits per heavy atom. The number of nitrogens with zero attached hydrogens (tertiary/aromatic N) is 1. The van der Waals surface area contributed by atoms with Gasteiger partial charge in [0.05, 0.1) is 5.25 Å². The van der Waals surface area contributed by atoms with Crippen LogP contribution in [-0.4, -0.2) is 45.0 Å². The van der Waals surface area contributed by atoms with Gasteiger partial charge in [-0.1, -0.05) is 6.07 Å². The van der Waals surface area contributed by atoms with Crippen LogP contribution in [0.4, 0.5) is 0 Å². The van der Waals surface area contributed by atoms with Crippen molar-refractivity contribution in [2.24, 2.45) is 0 Å². The molecule has 2 rings (SSSR count). The average Bonchev–Trinajstić information content (AvgIpc) is 2.52. The second kappa shape index (κ2) is 8.43. The number of pyridine rings is 1. The van der Waals surface area contributed by atoms with Crippen LogP contribution in [0.25, 0.3) is 0 Å². The fourth-order valence-electron chi connectivity index (χ4n) is 2.27. The summed E-state index contributed by atoms with van der Waals surface area (Å²) in [5, 5.41) is 2.98. The normalized spacial score (nSPS) is 17.0. The standard InChI is InChI=1S/C14H23N3O3S/c18-21(19,14-4-9-20-10-5-14)17-8-2-7-16-12-13-3-1-6-15-11-13/h1,3,6,11,14,16-17H,2,4-5,7-10,12H2. The van der Waals surface area contributed by atoms with Gasteiger partial charge in [0.25, 0.3) is 0 Å². The molecule has 1 aromatic heterocycles. The predicted molar refractivity (Wildman–Crippen MR) is 81.3 cm³/mol. The molecule has 1 aliphatic heterocycles. The molecule has 0 amide bonds. The lowest BCUT2D eigenvalue weighted by Crippen LogP contribution is -2.38. The quantitative estimate of drug-likeness (QED) is 0.689. The fourth-order valence-corrected chi connectivity index (χ4v) is 3.74. The summed E-state index contributed by atoms with van der Waals surface area (Å²) >= 11 is 0. The lowest BCUT2D eigenvalue weighted by molar-refractivity contribution is 0.0981. The van der Waals surface area contributed by atoms with E-state index in [0.29, 0.717) is 32.6 Å². The van der Waals surface area contributed by atoms with Crippen molar-refractivity contribution in [3.63, 3.8) is 0 Å². The maximum atomic E-state index is 12.0. The third kappa shape index (κ3) is 5.70. The Labute approximate surface area is 126 Å². The molecule has 0 radical (unpaired) electrons. The number of hydrogen-bond acceptors (Lipinski definition) is 5. The third-order valence-corrected chi connectivity index (χ3v) is 5.45. The van der Waals surface area contributed by atoms with E-state index in [1.165, 1.54) is 0 Å². The molecule has 7 heteroatoms. The Morgan fingerprint density at radius 2 is 2.10 bits per heavy atom. The van der Waals surface area contributed by atoms with Crippen LogP contribution in [0.15, 0.2) is 24.5 Å². The van der Waals surface area contributed by atoms with E-state index in [4.69, 9.17) is 4.74 Å². The van der Waals surface area contributed by atoms with Gasteiger partial charge < -0.3 is 10.1 Å². The molecule has 1 aromatic rings. The summed E-state index contributed by atoms with van der Waals surface area (Å²) in [6, 6.07) is 3.91. The highest BCUT2D eigenvalue weighted by atomic mass is 32.2. The molecule has 0 aromatic carbocycles. The van der Waals surface area contributed by atoms with Crippen molar-refractivity contribution < 1.29 is 13.2 Å². The van der Waals surface area contributed by atoms with Gasteiger partial charge in [-0.25, -0.2) is 13.1 Å². The summed E-state index contributed by atoms with van der Waals surface area (Å²) in [4.78, 5) is 4.04. The first-order valence-corrected chi connectivity index (χ1v) is 8.89. The largest absolute Gasteiger partial charge is 0.381 e. The number of hydrogen-bond donors (Lipinski definition) is 2. The van der Waals surface area contributed by atoms with Crippen LogP contribution in [0, 0.1) is 0 Å². The molecule has 1 aliphatic rings. The van der Waals surface area contributed by atoms with E-state index in [1.54, 1.807) is 6.20 Å². The maximum Gasteiger partial charge on any atom is 0.214 e. The molecule has 0 spiro atoms. The summed E-state index contributed by atoms with van der Waals surface area (Å²) in [6.45, 7) is 3.07. The van der Waals surface area contributed by atoms with Crippen LogP contribution in [0.1, 0.15) is 24.8 Å². The van der Waals surface area contributed by atoms with Crippen LogP contribution in [-0.2, 0) is 21.3 Å². The fraction of sp³-hybridized carbons (Fsp3) is 0.643. The molecule has 0 saturated carbocycles. The summed E-state index contributed by atoms with van der Waals surface area (Å²) in [5.41, 5.74) is 1.13. The first-order valence-electron chi connectivity index (χ1n) is 7.34. The van der Waals surface area contributed by atoms with E-state index in [9.17, 15) is 8.42 Å². The van der Waals surface area contributed by atoms with Crippen molar-refractivity contribution in [2.45, 2.75) is 31.1 Å². The molecule has 0 atom stereocenters. The zero-order valence-electron chi connectivity index (χ0n) is 12.1. The Kier molecular flexibility index (Phi) is 6.56. The molecular weight excluding hydrogens is 290 g/mol. The first-order chi connectivity index (χ1) is 10.2. The summed E-state index contributed by atoms with van der Waals surface area (Å²) < 4.78 is 32.0. The Bertz CT molecular complexity index is 501. The molecule has 21 heavy (non-hydrogen) atoms. The molecule has 0 unspecified atom stereocenters. The van der Waals surface area contributed by atoms with Crippen LogP contribution in [0.3, 0.4) is 0 Å². The molecule has 0 aliphatic carbocycles. The second-order valence-corrected chi connectivity index (χ2v) is 7.19. The summed E-state index contributed by atoms with van der Waals surface area (Å²) in [7, 11) is -3.19. The zero-order valence-corrected chi connectivity index (χ0v) is 12.9. The molecule has 0 bridgehead atoms. The summed E-state index contributed by atoms with van der Waals surface area (Å²) in [5.74, 6) is 0. The SMILES string of the molecule is O=S(=O)(NCCCNCc1cccnc1)C1CCOCC1. The Morgan fingerprint density at radius 3 is 2.81 bits per heavy atom. The molecule has 1 saturated heterocycles. The van der Waals surface area contributed by atoms with E-state index in [0.717, 1.165) is 25.1 Å². The van der Waals surface area contributed by atoms with Crippen LogP contribution >= 0.6 is 0 Å². The predicted octanol–water partition coefficient (Wildman–Crippen LogP) is 0.660. The van der Waals surface area contributed by atoms with Gasteiger partial charge in [-0.15, -0.1) is 0 Å². The van der Waals surface area contributed by atoms with Crippen molar-refractivity contribution in [3.8, 4) is 0 Å². The van der Waals surface area contributed by atoms with E-state index >= 15 is 0 Å². The molecular formula is C14H23N3O3S. The lowest BCUT2D eigenvalue weighted by atomic mass is 10.2. The van der Waals surface area contributed by atoms with Gasteiger partial charge in [-0.05, 0) is 37.4 Å². The number of rotatable bonds is 8. The number of aromatic nitrogens is 1. The number of ether oxygens (including phenoxy) is 1. The first kappa shape index (κ1) is 16.4. The van der Waals surface area contributed by atoms with Crippen molar-refractivity contribution in [3.05, 3.63) is 30.1 Å². The molecule has 118 valence electrons. The molecule has 2 N–H and O–H groups in total. The monoisotopic (exact) mass is 313 g/mol. The van der Waals surface area contributed by atoms with Crippen molar-refractivity contribution >= 4 is 10.0 Å². The van der Waals surface area contributed by atoms with Crippen molar-refractivity contribution in [1.82, 2.24) is 15.0 Å². The smallest absolute Gasteiger partial charge is 0.214 e. The second-order valence-electron chi connectivity index (χ2n) is 5.14. The zero-order chi connectivity index (χ0) is 15.0. The minimum atomic E-state index is -3.19. The van der Waals surface area contributed by atoms with Crippen LogP contribution < -0.4 is 10.0 Å². The Hall–Kier alpha value is -1.02. The molecule has 2 heterocycles. The van der Waals surface area contributed by atoms with Gasteiger partial charge in [0.2, 0.25) is 10.0 Å². The van der Waals surface area contributed by atoms with E-state index in [-0.39, 0.29) is 5.25 Å². The van der Waals surface area contributed by atoms with Gasteiger partial charge >= 0.3 is 0 Å². The topological polar surface area (TPSA) is 80.3 Å². The average molecular weight is 313 g/mol. The third-order valence-electron chi connectivity index (χ3n) is 3.49. The number of sulfonamides is 1. The van der Waals surface area contributed by atoms with Gasteiger partial charge in [0.15, 0.2) is 0 Å². The van der Waals surface area contributed by atoms with Crippen LogP contribution in [0.5, 0.6) is 0 Å². The van der Waals surface area contributed by atoms with Crippen LogP contribution in [0.2, 0.25) is 0 Å². The van der Waals surface area contributed by atoms with E-state index < -0.39 is 10.0 Å². The lowest BCUT2D eigenvalue weighted by Gasteiger charge is -2.22. The van der Waals surface area contributed by atoms with Crippen molar-refractivity contribution in [2.75, 3.05) is 26.3 Å². The molecule has 6 nitrogen and oxygen atoms in total. The highest BCUT2D eigenvalue weighted by molar-refractivity contribution is 7.90. The molecule has 1 fully saturated rings. The highest BCUT2D eigenvalue weighted by Crippen LogP contribution is 2.14.